The van der Waals surface area contributed by atoms with Gasteiger partial charge in [-0.15, -0.1) is 0 Å². The summed E-state index contributed by atoms with van der Waals surface area (Å²) >= 11 is 1.96. The molecular formula is C13H15N3O2S. The Morgan fingerprint density at radius 1 is 1.53 bits per heavy atom. The summed E-state index contributed by atoms with van der Waals surface area (Å²) < 4.78 is 0. The predicted molar refractivity (Wildman–Crippen MR) is 76.4 cm³/mol. The predicted octanol–water partition coefficient (Wildman–Crippen LogP) is 3.16. The topological polar surface area (TPSA) is 79.0 Å². The van der Waals surface area contributed by atoms with Gasteiger partial charge in [-0.1, -0.05) is 6.42 Å². The van der Waals surface area contributed by atoms with Gasteiger partial charge in [0, 0.05) is 23.5 Å². The molecule has 1 aliphatic heterocycles. The Hall–Kier alpha value is -1.74. The van der Waals surface area contributed by atoms with Crippen LogP contribution in [0.15, 0.2) is 18.2 Å². The van der Waals surface area contributed by atoms with Gasteiger partial charge in [-0.05, 0) is 30.7 Å². The van der Waals surface area contributed by atoms with Gasteiger partial charge in [0.25, 0.3) is 5.69 Å². The lowest BCUT2D eigenvalue weighted by atomic mass is 10.1. The second-order valence-corrected chi connectivity index (χ2v) is 5.88. The Morgan fingerprint density at radius 3 is 3.00 bits per heavy atom. The van der Waals surface area contributed by atoms with E-state index in [4.69, 9.17) is 5.26 Å². The van der Waals surface area contributed by atoms with Crippen molar-refractivity contribution in [1.29, 1.82) is 5.26 Å². The maximum absolute atomic E-state index is 10.7. The molecule has 6 heteroatoms. The Balaban J connectivity index is 2.01. The highest BCUT2D eigenvalue weighted by Gasteiger charge is 2.16. The monoisotopic (exact) mass is 277 g/mol. The van der Waals surface area contributed by atoms with Crippen LogP contribution in [0.5, 0.6) is 0 Å². The minimum absolute atomic E-state index is 0.103. The van der Waals surface area contributed by atoms with Crippen LogP contribution in [0.25, 0.3) is 0 Å². The summed E-state index contributed by atoms with van der Waals surface area (Å²) in [4.78, 5) is 10.2. The molecule has 0 aromatic heterocycles. The Labute approximate surface area is 116 Å². The number of benzene rings is 1. The fourth-order valence-corrected chi connectivity index (χ4v) is 3.33. The number of nitro benzene ring substituents is 1. The zero-order valence-corrected chi connectivity index (χ0v) is 11.3. The van der Waals surface area contributed by atoms with Crippen LogP contribution >= 0.6 is 11.8 Å². The minimum atomic E-state index is -0.528. The van der Waals surface area contributed by atoms with Gasteiger partial charge in [0.05, 0.1) is 4.92 Å². The summed E-state index contributed by atoms with van der Waals surface area (Å²) in [6, 6.07) is 6.46. The molecule has 1 atom stereocenters. The number of nitrogens with one attached hydrogen (secondary N) is 1. The normalized spacial score (nSPS) is 18.6. The molecule has 1 unspecified atom stereocenters. The number of nitro groups is 1. The maximum atomic E-state index is 10.7. The zero-order chi connectivity index (χ0) is 13.7. The van der Waals surface area contributed by atoms with Crippen molar-refractivity contribution in [3.63, 3.8) is 0 Å². The van der Waals surface area contributed by atoms with Crippen molar-refractivity contribution in [3.8, 4) is 6.07 Å². The van der Waals surface area contributed by atoms with Crippen LogP contribution in [0.1, 0.15) is 24.8 Å². The Morgan fingerprint density at radius 2 is 2.37 bits per heavy atom. The highest BCUT2D eigenvalue weighted by Crippen LogP contribution is 2.26. The van der Waals surface area contributed by atoms with E-state index in [0.717, 1.165) is 12.2 Å². The van der Waals surface area contributed by atoms with Crippen molar-refractivity contribution in [2.75, 3.05) is 17.6 Å². The zero-order valence-electron chi connectivity index (χ0n) is 10.5. The molecule has 1 fully saturated rings. The molecular weight excluding hydrogens is 262 g/mol. The van der Waals surface area contributed by atoms with E-state index in [-0.39, 0.29) is 11.3 Å². The summed E-state index contributed by atoms with van der Waals surface area (Å²) in [6.45, 7) is 0.841. The molecule has 0 aliphatic carbocycles. The first-order chi connectivity index (χ1) is 9.20. The SMILES string of the molecule is N#Cc1cc(NCC2CCCCS2)ccc1[N+](=O)[O-]. The second kappa shape index (κ2) is 6.43. The van der Waals surface area contributed by atoms with Gasteiger partial charge in [0.15, 0.2) is 0 Å². The number of nitrogens with zero attached hydrogens (tertiary/aromatic N) is 2. The number of anilines is 1. The van der Waals surface area contributed by atoms with Gasteiger partial charge in [-0.25, -0.2) is 0 Å². The van der Waals surface area contributed by atoms with Crippen LogP contribution in [0.2, 0.25) is 0 Å². The molecule has 1 N–H and O–H groups in total. The molecule has 5 nitrogen and oxygen atoms in total. The van der Waals surface area contributed by atoms with Gasteiger partial charge >= 0.3 is 0 Å². The van der Waals surface area contributed by atoms with Crippen molar-refractivity contribution in [3.05, 3.63) is 33.9 Å². The van der Waals surface area contributed by atoms with Crippen molar-refractivity contribution >= 4 is 23.1 Å². The standard InChI is InChI=1S/C13H15N3O2S/c14-8-10-7-11(4-5-13(10)16(17)18)15-9-12-3-1-2-6-19-12/h4-5,7,12,15H,1-3,6,9H2. The summed E-state index contributed by atoms with van der Waals surface area (Å²) in [5, 5.41) is 23.5. The third-order valence-corrected chi connectivity index (χ3v) is 4.52. The lowest BCUT2D eigenvalue weighted by Gasteiger charge is -2.21. The van der Waals surface area contributed by atoms with Gasteiger partial charge in [0.2, 0.25) is 0 Å². The molecule has 0 bridgehead atoms. The highest BCUT2D eigenvalue weighted by atomic mass is 32.2. The molecule has 1 aromatic carbocycles. The van der Waals surface area contributed by atoms with Crippen molar-refractivity contribution in [2.24, 2.45) is 0 Å². The number of rotatable bonds is 4. The van der Waals surface area contributed by atoms with Crippen molar-refractivity contribution in [2.45, 2.75) is 24.5 Å². The minimum Gasteiger partial charge on any atom is -0.384 e. The quantitative estimate of drug-likeness (QED) is 0.675. The molecule has 0 saturated carbocycles. The van der Waals surface area contributed by atoms with E-state index in [0.29, 0.717) is 5.25 Å². The van der Waals surface area contributed by atoms with E-state index in [1.807, 2.05) is 17.8 Å². The average Bonchev–Trinajstić information content (AvgIpc) is 2.45. The van der Waals surface area contributed by atoms with Crippen LogP contribution in [0, 0.1) is 21.4 Å². The molecule has 2 rings (SSSR count). The van der Waals surface area contributed by atoms with Gasteiger partial charge in [0.1, 0.15) is 11.6 Å². The molecule has 0 spiro atoms. The van der Waals surface area contributed by atoms with E-state index >= 15 is 0 Å². The lowest BCUT2D eigenvalue weighted by Crippen LogP contribution is -2.20. The van der Waals surface area contributed by atoms with Crippen LogP contribution < -0.4 is 5.32 Å². The van der Waals surface area contributed by atoms with Crippen LogP contribution in [-0.4, -0.2) is 22.5 Å². The summed E-state index contributed by atoms with van der Waals surface area (Å²) in [7, 11) is 0. The first-order valence-electron chi connectivity index (χ1n) is 6.24. The number of hydrogen-bond acceptors (Lipinski definition) is 5. The molecule has 1 saturated heterocycles. The summed E-state index contributed by atoms with van der Waals surface area (Å²) in [5.41, 5.74) is 0.736. The summed E-state index contributed by atoms with van der Waals surface area (Å²) in [5.74, 6) is 1.20. The second-order valence-electron chi connectivity index (χ2n) is 4.47. The number of thioether (sulfide) groups is 1. The molecule has 0 amide bonds. The van der Waals surface area contributed by atoms with E-state index in [2.05, 4.69) is 5.32 Å². The third-order valence-electron chi connectivity index (χ3n) is 3.12. The Kier molecular flexibility index (Phi) is 4.63. The smallest absolute Gasteiger partial charge is 0.287 e. The van der Waals surface area contributed by atoms with Crippen LogP contribution in [0.4, 0.5) is 11.4 Å². The Bertz CT molecular complexity index is 507. The summed E-state index contributed by atoms with van der Waals surface area (Å²) in [6.07, 6.45) is 3.76. The van der Waals surface area contributed by atoms with Crippen molar-refractivity contribution < 1.29 is 4.92 Å². The largest absolute Gasteiger partial charge is 0.384 e. The van der Waals surface area contributed by atoms with Gasteiger partial charge in [-0.3, -0.25) is 10.1 Å². The van der Waals surface area contributed by atoms with Crippen LogP contribution in [-0.2, 0) is 0 Å². The van der Waals surface area contributed by atoms with E-state index in [1.54, 1.807) is 12.1 Å². The van der Waals surface area contributed by atoms with Gasteiger partial charge in [-0.2, -0.15) is 17.0 Å². The number of hydrogen-bond donors (Lipinski definition) is 1. The molecule has 0 radical (unpaired) electrons. The molecule has 19 heavy (non-hydrogen) atoms. The third kappa shape index (κ3) is 3.61. The maximum Gasteiger partial charge on any atom is 0.287 e. The average molecular weight is 277 g/mol. The molecule has 1 aliphatic rings. The van der Waals surface area contributed by atoms with E-state index in [1.165, 1.54) is 31.1 Å². The van der Waals surface area contributed by atoms with Crippen LogP contribution in [0.3, 0.4) is 0 Å². The van der Waals surface area contributed by atoms with E-state index in [9.17, 15) is 10.1 Å². The molecule has 1 aromatic rings. The molecule has 1 heterocycles. The fourth-order valence-electron chi connectivity index (χ4n) is 2.09. The van der Waals surface area contributed by atoms with E-state index < -0.39 is 4.92 Å². The first-order valence-corrected chi connectivity index (χ1v) is 7.29. The first kappa shape index (κ1) is 13.7. The van der Waals surface area contributed by atoms with Crippen molar-refractivity contribution in [1.82, 2.24) is 0 Å². The number of nitriles is 1. The fraction of sp³-hybridized carbons (Fsp3) is 0.462. The lowest BCUT2D eigenvalue weighted by molar-refractivity contribution is -0.385. The molecule has 100 valence electrons. The highest BCUT2D eigenvalue weighted by molar-refractivity contribution is 7.99. The van der Waals surface area contributed by atoms with Gasteiger partial charge < -0.3 is 5.32 Å².